The number of rotatable bonds is 10. The summed E-state index contributed by atoms with van der Waals surface area (Å²) in [6.07, 6.45) is 7.47. The predicted octanol–water partition coefficient (Wildman–Crippen LogP) is 4.86. The normalized spacial score (nSPS) is 10.8. The molecule has 0 aliphatic carbocycles. The van der Waals surface area contributed by atoms with Crippen molar-refractivity contribution in [1.29, 1.82) is 0 Å². The molecule has 0 N–H and O–H groups in total. The fourth-order valence-electron chi connectivity index (χ4n) is 2.35. The van der Waals surface area contributed by atoms with Gasteiger partial charge in [-0.15, -0.1) is 0 Å². The molecule has 0 fully saturated rings. The number of hydrogen-bond acceptors (Lipinski definition) is 2. The van der Waals surface area contributed by atoms with Crippen LogP contribution in [-0.2, 0) is 4.74 Å². The first-order valence-corrected chi connectivity index (χ1v) is 7.83. The molecule has 0 spiro atoms. The highest BCUT2D eigenvalue weighted by Gasteiger charge is 2.08. The molecule has 0 heterocycles. The van der Waals surface area contributed by atoms with Crippen LogP contribution >= 0.6 is 0 Å². The van der Waals surface area contributed by atoms with Crippen molar-refractivity contribution in [2.24, 2.45) is 0 Å². The molecule has 2 nitrogen and oxygen atoms in total. The highest BCUT2D eigenvalue weighted by atomic mass is 16.5. The number of carbonyl (C=O) groups excluding carboxylic acids is 1. The molecule has 20 heavy (non-hydrogen) atoms. The van der Waals surface area contributed by atoms with Crippen LogP contribution in [0.3, 0.4) is 0 Å². The Morgan fingerprint density at radius 2 is 1.75 bits per heavy atom. The van der Waals surface area contributed by atoms with E-state index >= 15 is 0 Å². The van der Waals surface area contributed by atoms with E-state index in [2.05, 4.69) is 6.92 Å². The van der Waals surface area contributed by atoms with Crippen molar-refractivity contribution >= 4 is 5.78 Å². The van der Waals surface area contributed by atoms with E-state index in [-0.39, 0.29) is 12.4 Å². The van der Waals surface area contributed by atoms with E-state index < -0.39 is 0 Å². The zero-order chi connectivity index (χ0) is 14.8. The van der Waals surface area contributed by atoms with E-state index in [1.807, 2.05) is 32.0 Å². The van der Waals surface area contributed by atoms with Gasteiger partial charge in [-0.2, -0.15) is 0 Å². The van der Waals surface area contributed by atoms with E-state index in [1.54, 1.807) is 0 Å². The summed E-state index contributed by atoms with van der Waals surface area (Å²) in [6, 6.07) is 5.93. The van der Waals surface area contributed by atoms with E-state index in [0.717, 1.165) is 17.5 Å². The van der Waals surface area contributed by atoms with Gasteiger partial charge in [0.25, 0.3) is 0 Å². The number of benzene rings is 1. The zero-order valence-electron chi connectivity index (χ0n) is 13.2. The number of unbranched alkanes of at least 4 members (excludes halogenated alkanes) is 5. The van der Waals surface area contributed by atoms with E-state index in [1.165, 1.54) is 37.7 Å². The molecule has 0 aliphatic rings. The van der Waals surface area contributed by atoms with Gasteiger partial charge in [-0.3, -0.25) is 4.79 Å². The Morgan fingerprint density at radius 3 is 2.45 bits per heavy atom. The lowest BCUT2D eigenvalue weighted by Gasteiger charge is -2.07. The van der Waals surface area contributed by atoms with Gasteiger partial charge in [-0.25, -0.2) is 0 Å². The minimum atomic E-state index is 0.0912. The van der Waals surface area contributed by atoms with Crippen molar-refractivity contribution in [2.45, 2.75) is 59.3 Å². The summed E-state index contributed by atoms with van der Waals surface area (Å²) in [7, 11) is 0. The standard InChI is InChI=1S/C18H28O2/c1-4-5-6-7-8-9-12-20-14-18(19)17-11-10-15(2)13-16(17)3/h10-11,13H,4-9,12,14H2,1-3H3. The molecule has 0 atom stereocenters. The number of ketones is 1. The van der Waals surface area contributed by atoms with Crippen LogP contribution in [0, 0.1) is 13.8 Å². The molecular formula is C18H28O2. The Labute approximate surface area is 123 Å². The number of Topliss-reactive ketones (excluding diaryl/α,β-unsaturated/α-hetero) is 1. The average Bonchev–Trinajstić information content (AvgIpc) is 2.41. The summed E-state index contributed by atoms with van der Waals surface area (Å²) in [5.74, 6) is 0.0912. The third-order valence-corrected chi connectivity index (χ3v) is 3.56. The first-order chi connectivity index (χ1) is 9.65. The molecule has 0 bridgehead atoms. The highest BCUT2D eigenvalue weighted by molar-refractivity contribution is 5.98. The fraction of sp³-hybridized carbons (Fsp3) is 0.611. The predicted molar refractivity (Wildman–Crippen MR) is 84.4 cm³/mol. The topological polar surface area (TPSA) is 26.3 Å². The molecule has 0 aliphatic heterocycles. The van der Waals surface area contributed by atoms with Crippen LogP contribution in [0.25, 0.3) is 0 Å². The van der Waals surface area contributed by atoms with Crippen LogP contribution in [0.2, 0.25) is 0 Å². The summed E-state index contributed by atoms with van der Waals surface area (Å²) in [4.78, 5) is 12.0. The largest absolute Gasteiger partial charge is 0.373 e. The average molecular weight is 276 g/mol. The van der Waals surface area contributed by atoms with Crippen LogP contribution in [0.5, 0.6) is 0 Å². The van der Waals surface area contributed by atoms with Crippen molar-refractivity contribution in [1.82, 2.24) is 0 Å². The van der Waals surface area contributed by atoms with Gasteiger partial charge < -0.3 is 4.74 Å². The molecule has 0 amide bonds. The van der Waals surface area contributed by atoms with Crippen LogP contribution in [0.15, 0.2) is 18.2 Å². The van der Waals surface area contributed by atoms with Crippen molar-refractivity contribution in [3.63, 3.8) is 0 Å². The molecule has 0 unspecified atom stereocenters. The Morgan fingerprint density at radius 1 is 1.05 bits per heavy atom. The first kappa shape index (κ1) is 16.9. The Bertz CT molecular complexity index is 410. The molecular weight excluding hydrogens is 248 g/mol. The summed E-state index contributed by atoms with van der Waals surface area (Å²) < 4.78 is 5.49. The van der Waals surface area contributed by atoms with E-state index in [4.69, 9.17) is 4.74 Å². The second-order valence-corrected chi connectivity index (χ2v) is 5.56. The third kappa shape index (κ3) is 6.33. The maximum Gasteiger partial charge on any atom is 0.188 e. The lowest BCUT2D eigenvalue weighted by molar-refractivity contribution is 0.0751. The van der Waals surface area contributed by atoms with Gasteiger partial charge in [0.05, 0.1) is 0 Å². The molecule has 0 saturated heterocycles. The Kier molecular flexibility index (Phi) is 8.20. The fourth-order valence-corrected chi connectivity index (χ4v) is 2.35. The monoisotopic (exact) mass is 276 g/mol. The minimum absolute atomic E-state index is 0.0912. The van der Waals surface area contributed by atoms with Gasteiger partial charge in [-0.05, 0) is 25.8 Å². The van der Waals surface area contributed by atoms with Gasteiger partial charge in [0.1, 0.15) is 6.61 Å². The number of carbonyl (C=O) groups is 1. The van der Waals surface area contributed by atoms with E-state index in [0.29, 0.717) is 6.61 Å². The lowest BCUT2D eigenvalue weighted by atomic mass is 10.0. The molecule has 1 aromatic carbocycles. The van der Waals surface area contributed by atoms with Gasteiger partial charge in [0.15, 0.2) is 5.78 Å². The van der Waals surface area contributed by atoms with Crippen LogP contribution in [-0.4, -0.2) is 19.0 Å². The van der Waals surface area contributed by atoms with Crippen molar-refractivity contribution in [2.75, 3.05) is 13.2 Å². The Hall–Kier alpha value is -1.15. The molecule has 1 aromatic rings. The smallest absolute Gasteiger partial charge is 0.188 e. The maximum absolute atomic E-state index is 12.0. The van der Waals surface area contributed by atoms with Gasteiger partial charge in [-0.1, -0.05) is 62.8 Å². The van der Waals surface area contributed by atoms with Crippen molar-refractivity contribution in [3.05, 3.63) is 34.9 Å². The summed E-state index contributed by atoms with van der Waals surface area (Å²) in [5, 5.41) is 0. The second kappa shape index (κ2) is 9.71. The summed E-state index contributed by atoms with van der Waals surface area (Å²) >= 11 is 0. The van der Waals surface area contributed by atoms with Gasteiger partial charge in [0, 0.05) is 12.2 Å². The van der Waals surface area contributed by atoms with Crippen molar-refractivity contribution < 1.29 is 9.53 Å². The molecule has 112 valence electrons. The number of aryl methyl sites for hydroxylation is 2. The van der Waals surface area contributed by atoms with Gasteiger partial charge in [0.2, 0.25) is 0 Å². The van der Waals surface area contributed by atoms with Crippen LogP contribution < -0.4 is 0 Å². The first-order valence-electron chi connectivity index (χ1n) is 7.83. The molecule has 1 rings (SSSR count). The maximum atomic E-state index is 12.0. The minimum Gasteiger partial charge on any atom is -0.373 e. The molecule has 0 radical (unpaired) electrons. The summed E-state index contributed by atoms with van der Waals surface area (Å²) in [5.41, 5.74) is 3.02. The lowest BCUT2D eigenvalue weighted by Crippen LogP contribution is -2.11. The van der Waals surface area contributed by atoms with Gasteiger partial charge >= 0.3 is 0 Å². The molecule has 2 heteroatoms. The number of ether oxygens (including phenoxy) is 1. The second-order valence-electron chi connectivity index (χ2n) is 5.56. The highest BCUT2D eigenvalue weighted by Crippen LogP contribution is 2.11. The van der Waals surface area contributed by atoms with Crippen LogP contribution in [0.4, 0.5) is 0 Å². The third-order valence-electron chi connectivity index (χ3n) is 3.56. The van der Waals surface area contributed by atoms with E-state index in [9.17, 15) is 4.79 Å². The number of hydrogen-bond donors (Lipinski definition) is 0. The SMILES string of the molecule is CCCCCCCCOCC(=O)c1ccc(C)cc1C. The Balaban J connectivity index is 2.17. The zero-order valence-corrected chi connectivity index (χ0v) is 13.2. The quantitative estimate of drug-likeness (QED) is 0.450. The molecule has 0 aromatic heterocycles. The van der Waals surface area contributed by atoms with Crippen LogP contribution in [0.1, 0.15) is 66.9 Å². The molecule has 0 saturated carbocycles. The summed E-state index contributed by atoms with van der Waals surface area (Å²) in [6.45, 7) is 7.15. The van der Waals surface area contributed by atoms with Crippen molar-refractivity contribution in [3.8, 4) is 0 Å².